The monoisotopic (exact) mass is 353 g/mol. The summed E-state index contributed by atoms with van der Waals surface area (Å²) in [4.78, 5) is 2.39. The van der Waals surface area contributed by atoms with E-state index in [2.05, 4.69) is 15.6 Å². The van der Waals surface area contributed by atoms with Crippen LogP contribution >= 0.6 is 0 Å². The lowest BCUT2D eigenvalue weighted by Gasteiger charge is -2.11. The average Bonchev–Trinajstić information content (AvgIpc) is 2.63. The molecule has 0 aromatic heterocycles. The number of hydrazine groups is 1. The Kier molecular flexibility index (Phi) is 5.33. The van der Waals surface area contributed by atoms with Crippen molar-refractivity contribution in [3.05, 3.63) is 90.5 Å². The lowest BCUT2D eigenvalue weighted by molar-refractivity contribution is 0.587. The van der Waals surface area contributed by atoms with Crippen LogP contribution in [0, 0.1) is 0 Å². The van der Waals surface area contributed by atoms with Gasteiger partial charge in [0, 0.05) is 17.1 Å². The van der Waals surface area contributed by atoms with Crippen LogP contribution in [0.25, 0.3) is 0 Å². The Bertz CT molecular complexity index is 896. The van der Waals surface area contributed by atoms with Crippen LogP contribution < -0.4 is 15.6 Å². The van der Waals surface area contributed by atoms with Gasteiger partial charge in [0.05, 0.1) is 5.75 Å². The molecule has 3 rings (SSSR count). The van der Waals surface area contributed by atoms with Crippen LogP contribution in [0.4, 0.5) is 17.1 Å². The van der Waals surface area contributed by atoms with Gasteiger partial charge in [-0.1, -0.05) is 48.5 Å². The molecular weight excluding hydrogens is 334 g/mol. The summed E-state index contributed by atoms with van der Waals surface area (Å²) in [6.45, 7) is 0. The van der Waals surface area contributed by atoms with E-state index in [1.807, 2.05) is 60.7 Å². The van der Waals surface area contributed by atoms with Crippen LogP contribution in [-0.4, -0.2) is 8.42 Å². The Morgan fingerprint density at radius 1 is 0.640 bits per heavy atom. The van der Waals surface area contributed by atoms with E-state index >= 15 is 0 Å². The molecule has 0 fully saturated rings. The highest BCUT2D eigenvalue weighted by Gasteiger charge is 2.10. The van der Waals surface area contributed by atoms with Gasteiger partial charge in [-0.05, 0) is 42.0 Å². The maximum Gasteiger partial charge on any atom is 0.232 e. The maximum atomic E-state index is 12.1. The zero-order chi connectivity index (χ0) is 17.5. The summed E-state index contributed by atoms with van der Waals surface area (Å²) < 4.78 is 24.2. The predicted octanol–water partition coefficient (Wildman–Crippen LogP) is 3.88. The third-order valence-electron chi connectivity index (χ3n) is 3.50. The number of sulfonamides is 1. The third-order valence-corrected chi connectivity index (χ3v) is 4.62. The van der Waals surface area contributed by atoms with Crippen molar-refractivity contribution in [3.8, 4) is 0 Å². The Balaban J connectivity index is 1.56. The topological polar surface area (TPSA) is 70.2 Å². The van der Waals surface area contributed by atoms with E-state index in [-0.39, 0.29) is 5.75 Å². The van der Waals surface area contributed by atoms with Gasteiger partial charge < -0.3 is 10.7 Å². The molecule has 0 unspecified atom stereocenters. The van der Waals surface area contributed by atoms with Crippen LogP contribution in [0.15, 0.2) is 84.9 Å². The number of benzene rings is 3. The second kappa shape index (κ2) is 7.83. The van der Waals surface area contributed by atoms with E-state index in [1.54, 1.807) is 24.3 Å². The van der Waals surface area contributed by atoms with Gasteiger partial charge in [-0.3, -0.25) is 0 Å². The molecule has 0 saturated carbocycles. The highest BCUT2D eigenvalue weighted by atomic mass is 32.2. The van der Waals surface area contributed by atoms with E-state index in [9.17, 15) is 8.42 Å². The van der Waals surface area contributed by atoms with Crippen molar-refractivity contribution in [2.45, 2.75) is 5.75 Å². The van der Waals surface area contributed by atoms with E-state index < -0.39 is 10.0 Å². The molecule has 0 amide bonds. The van der Waals surface area contributed by atoms with Crippen LogP contribution in [0.5, 0.6) is 0 Å². The number of hydrogen-bond donors (Lipinski definition) is 3. The number of para-hydroxylation sites is 1. The lowest BCUT2D eigenvalue weighted by Crippen LogP contribution is -2.30. The van der Waals surface area contributed by atoms with Crippen molar-refractivity contribution < 1.29 is 8.42 Å². The van der Waals surface area contributed by atoms with Crippen molar-refractivity contribution in [1.29, 1.82) is 0 Å². The predicted molar refractivity (Wildman–Crippen MR) is 102 cm³/mol. The minimum atomic E-state index is -3.47. The first-order chi connectivity index (χ1) is 12.1. The fourth-order valence-corrected chi connectivity index (χ4v) is 3.27. The molecule has 0 aliphatic carbocycles. The molecule has 3 aromatic rings. The largest absolute Gasteiger partial charge is 0.356 e. The van der Waals surface area contributed by atoms with Gasteiger partial charge in [0.15, 0.2) is 0 Å². The molecule has 25 heavy (non-hydrogen) atoms. The average molecular weight is 353 g/mol. The van der Waals surface area contributed by atoms with Gasteiger partial charge in [-0.25, -0.2) is 8.42 Å². The number of anilines is 3. The quantitative estimate of drug-likeness (QED) is 0.564. The first-order valence-electron chi connectivity index (χ1n) is 7.82. The summed E-state index contributed by atoms with van der Waals surface area (Å²) in [6.07, 6.45) is 0. The molecule has 128 valence electrons. The van der Waals surface area contributed by atoms with E-state index in [0.29, 0.717) is 5.69 Å². The molecule has 0 aliphatic heterocycles. The van der Waals surface area contributed by atoms with Crippen LogP contribution in [0.2, 0.25) is 0 Å². The standard InChI is InChI=1S/C19H19N3O2S/c23-25(24,15-16-7-3-1-4-8-16)22-21-19-13-11-18(12-14-19)20-17-9-5-2-6-10-17/h1-14,20-22H,15H2. The SMILES string of the molecule is O=S(=O)(Cc1ccccc1)NNc1ccc(Nc2ccccc2)cc1. The molecule has 0 spiro atoms. The minimum absolute atomic E-state index is 0.0749. The Hall–Kier alpha value is -2.83. The summed E-state index contributed by atoms with van der Waals surface area (Å²) in [5, 5.41) is 3.27. The van der Waals surface area contributed by atoms with Gasteiger partial charge >= 0.3 is 0 Å². The smallest absolute Gasteiger partial charge is 0.232 e. The van der Waals surface area contributed by atoms with Gasteiger partial charge in [-0.2, -0.15) is 0 Å². The molecule has 0 radical (unpaired) electrons. The zero-order valence-electron chi connectivity index (χ0n) is 13.5. The molecule has 3 aromatic carbocycles. The highest BCUT2D eigenvalue weighted by Crippen LogP contribution is 2.18. The van der Waals surface area contributed by atoms with Crippen molar-refractivity contribution in [2.75, 3.05) is 10.7 Å². The molecule has 0 saturated heterocycles. The number of nitrogens with one attached hydrogen (secondary N) is 3. The Labute approximate surface area is 147 Å². The summed E-state index contributed by atoms with van der Waals surface area (Å²) in [7, 11) is -3.47. The number of hydrogen-bond acceptors (Lipinski definition) is 4. The van der Waals surface area contributed by atoms with Crippen LogP contribution in [-0.2, 0) is 15.8 Å². The molecule has 0 bridgehead atoms. The summed E-state index contributed by atoms with van der Waals surface area (Å²) in [5.74, 6) is -0.0749. The molecule has 5 nitrogen and oxygen atoms in total. The maximum absolute atomic E-state index is 12.1. The van der Waals surface area contributed by atoms with Gasteiger partial charge in [0.1, 0.15) is 0 Å². The Morgan fingerprint density at radius 3 is 1.80 bits per heavy atom. The van der Waals surface area contributed by atoms with Crippen molar-refractivity contribution >= 4 is 27.1 Å². The normalized spacial score (nSPS) is 11.0. The van der Waals surface area contributed by atoms with Gasteiger partial charge in [0.2, 0.25) is 10.0 Å². The second-order valence-corrected chi connectivity index (χ2v) is 7.26. The lowest BCUT2D eigenvalue weighted by atomic mass is 10.2. The summed E-state index contributed by atoms with van der Waals surface area (Å²) in [6, 6.07) is 26.2. The molecule has 0 atom stereocenters. The Morgan fingerprint density at radius 2 is 1.16 bits per heavy atom. The van der Waals surface area contributed by atoms with Gasteiger partial charge in [0.25, 0.3) is 0 Å². The third kappa shape index (κ3) is 5.34. The highest BCUT2D eigenvalue weighted by molar-refractivity contribution is 7.88. The fourth-order valence-electron chi connectivity index (χ4n) is 2.29. The minimum Gasteiger partial charge on any atom is -0.356 e. The number of rotatable bonds is 7. The van der Waals surface area contributed by atoms with E-state index in [1.165, 1.54) is 0 Å². The second-order valence-electron chi connectivity index (χ2n) is 5.54. The van der Waals surface area contributed by atoms with E-state index in [0.717, 1.165) is 16.9 Å². The van der Waals surface area contributed by atoms with Crippen LogP contribution in [0.3, 0.4) is 0 Å². The molecule has 6 heteroatoms. The zero-order valence-corrected chi connectivity index (χ0v) is 14.3. The molecular formula is C19H19N3O2S. The van der Waals surface area contributed by atoms with Crippen LogP contribution in [0.1, 0.15) is 5.56 Å². The molecule has 3 N–H and O–H groups in total. The fraction of sp³-hybridized carbons (Fsp3) is 0.0526. The first-order valence-corrected chi connectivity index (χ1v) is 9.47. The van der Waals surface area contributed by atoms with Crippen molar-refractivity contribution in [3.63, 3.8) is 0 Å². The van der Waals surface area contributed by atoms with Gasteiger partial charge in [-0.15, -0.1) is 4.83 Å². The summed E-state index contributed by atoms with van der Waals surface area (Å²) >= 11 is 0. The van der Waals surface area contributed by atoms with Crippen molar-refractivity contribution in [2.24, 2.45) is 0 Å². The molecule has 0 heterocycles. The molecule has 0 aliphatic rings. The van der Waals surface area contributed by atoms with Crippen molar-refractivity contribution in [1.82, 2.24) is 4.83 Å². The van der Waals surface area contributed by atoms with E-state index in [4.69, 9.17) is 0 Å². The first kappa shape index (κ1) is 17.0. The summed E-state index contributed by atoms with van der Waals surface area (Å²) in [5.41, 5.74) is 6.04.